The molecule has 0 aliphatic heterocycles. The maximum atomic E-state index is 10.8. The van der Waals surface area contributed by atoms with Crippen molar-refractivity contribution in [3.63, 3.8) is 0 Å². The molecule has 88 valence electrons. The van der Waals surface area contributed by atoms with E-state index in [1.807, 2.05) is 0 Å². The van der Waals surface area contributed by atoms with E-state index in [0.29, 0.717) is 23.2 Å². The first-order valence-electron chi connectivity index (χ1n) is 4.85. The maximum absolute atomic E-state index is 10.8. The lowest BCUT2D eigenvalue weighted by Gasteiger charge is -2.04. The first-order valence-corrected chi connectivity index (χ1v) is 5.65. The third-order valence-electron chi connectivity index (χ3n) is 1.99. The zero-order chi connectivity index (χ0) is 12.0. The molecule has 1 aromatic rings. The van der Waals surface area contributed by atoms with E-state index < -0.39 is 4.92 Å². The highest BCUT2D eigenvalue weighted by Crippen LogP contribution is 2.24. The molecule has 0 bridgehead atoms. The molecule has 0 spiro atoms. The van der Waals surface area contributed by atoms with Crippen LogP contribution in [-0.4, -0.2) is 18.1 Å². The number of hydrogen-bond donors (Lipinski definition) is 1. The summed E-state index contributed by atoms with van der Waals surface area (Å²) in [5, 5.41) is 10.8. The van der Waals surface area contributed by atoms with Crippen molar-refractivity contribution in [1.29, 1.82) is 0 Å². The molecular formula is C10H13BrN2O3. The Balaban J connectivity index is 2.67. The number of rotatable bonds is 6. The van der Waals surface area contributed by atoms with E-state index in [0.717, 1.165) is 6.42 Å². The Morgan fingerprint density at radius 1 is 1.50 bits per heavy atom. The largest absolute Gasteiger partial charge is 0.376 e. The topological polar surface area (TPSA) is 78.4 Å². The minimum atomic E-state index is -0.410. The summed E-state index contributed by atoms with van der Waals surface area (Å²) < 4.78 is 5.98. The zero-order valence-electron chi connectivity index (χ0n) is 8.69. The molecule has 0 heterocycles. The van der Waals surface area contributed by atoms with E-state index in [4.69, 9.17) is 10.5 Å². The molecule has 0 saturated carbocycles. The Bertz CT molecular complexity index is 371. The van der Waals surface area contributed by atoms with Gasteiger partial charge in [-0.1, -0.05) is 15.9 Å². The van der Waals surface area contributed by atoms with Gasteiger partial charge in [-0.15, -0.1) is 0 Å². The lowest BCUT2D eigenvalue weighted by atomic mass is 10.2. The number of nitro benzene ring substituents is 1. The predicted octanol–water partition coefficient (Wildman–Crippen LogP) is 2.22. The highest BCUT2D eigenvalue weighted by atomic mass is 79.9. The van der Waals surface area contributed by atoms with Crippen LogP contribution in [-0.2, 0) is 11.3 Å². The average molecular weight is 289 g/mol. The molecule has 0 aliphatic rings. The number of halogens is 1. The van der Waals surface area contributed by atoms with Crippen LogP contribution in [0.2, 0.25) is 0 Å². The summed E-state index contributed by atoms with van der Waals surface area (Å²) in [6.07, 6.45) is 0.754. The van der Waals surface area contributed by atoms with Crippen molar-refractivity contribution >= 4 is 21.6 Å². The van der Waals surface area contributed by atoms with Crippen LogP contribution in [0, 0.1) is 10.1 Å². The number of nitrogens with zero attached hydrogens (tertiary/aromatic N) is 1. The van der Waals surface area contributed by atoms with Crippen molar-refractivity contribution < 1.29 is 9.66 Å². The lowest BCUT2D eigenvalue weighted by Crippen LogP contribution is -2.05. The smallest absolute Gasteiger partial charge is 0.276 e. The van der Waals surface area contributed by atoms with Crippen LogP contribution in [0.15, 0.2) is 22.7 Å². The third-order valence-corrected chi connectivity index (χ3v) is 2.49. The summed E-state index contributed by atoms with van der Waals surface area (Å²) in [6.45, 7) is 1.32. The SMILES string of the molecule is NCCCOCc1ccc(Br)cc1[N+](=O)[O-]. The quantitative estimate of drug-likeness (QED) is 0.495. The molecule has 0 saturated heterocycles. The molecule has 5 nitrogen and oxygen atoms in total. The van der Waals surface area contributed by atoms with Crippen molar-refractivity contribution in [3.8, 4) is 0 Å². The summed E-state index contributed by atoms with van der Waals surface area (Å²) in [4.78, 5) is 10.4. The fraction of sp³-hybridized carbons (Fsp3) is 0.400. The molecule has 0 radical (unpaired) electrons. The van der Waals surface area contributed by atoms with Gasteiger partial charge in [0.05, 0.1) is 17.1 Å². The van der Waals surface area contributed by atoms with Crippen molar-refractivity contribution in [2.45, 2.75) is 13.0 Å². The first-order chi connectivity index (χ1) is 7.65. The number of benzene rings is 1. The third kappa shape index (κ3) is 3.88. The van der Waals surface area contributed by atoms with Crippen molar-refractivity contribution in [2.24, 2.45) is 5.73 Å². The van der Waals surface area contributed by atoms with Gasteiger partial charge in [0.15, 0.2) is 0 Å². The maximum Gasteiger partial charge on any atom is 0.276 e. The van der Waals surface area contributed by atoms with Crippen LogP contribution in [0.4, 0.5) is 5.69 Å². The number of ether oxygens (including phenoxy) is 1. The minimum absolute atomic E-state index is 0.0714. The van der Waals surface area contributed by atoms with Gasteiger partial charge in [-0.25, -0.2) is 0 Å². The van der Waals surface area contributed by atoms with Gasteiger partial charge in [-0.3, -0.25) is 10.1 Å². The van der Waals surface area contributed by atoms with Gasteiger partial charge in [0.2, 0.25) is 0 Å². The molecule has 2 N–H and O–H groups in total. The molecule has 0 atom stereocenters. The van der Waals surface area contributed by atoms with Crippen molar-refractivity contribution in [2.75, 3.05) is 13.2 Å². The van der Waals surface area contributed by atoms with Gasteiger partial charge in [-0.05, 0) is 25.1 Å². The minimum Gasteiger partial charge on any atom is -0.376 e. The van der Waals surface area contributed by atoms with Crippen LogP contribution < -0.4 is 5.73 Å². The Morgan fingerprint density at radius 2 is 2.25 bits per heavy atom. The molecular weight excluding hydrogens is 276 g/mol. The second-order valence-corrected chi connectivity index (χ2v) is 4.14. The monoisotopic (exact) mass is 288 g/mol. The Morgan fingerprint density at radius 3 is 2.88 bits per heavy atom. The Kier molecular flexibility index (Phi) is 5.37. The van der Waals surface area contributed by atoms with E-state index in [2.05, 4.69) is 15.9 Å². The first kappa shape index (κ1) is 13.1. The summed E-state index contributed by atoms with van der Waals surface area (Å²) in [5.74, 6) is 0. The molecule has 0 amide bonds. The van der Waals surface area contributed by atoms with Crippen LogP contribution in [0.25, 0.3) is 0 Å². The van der Waals surface area contributed by atoms with Crippen molar-refractivity contribution in [3.05, 3.63) is 38.3 Å². The normalized spacial score (nSPS) is 10.4. The second kappa shape index (κ2) is 6.57. The van der Waals surface area contributed by atoms with Crippen molar-refractivity contribution in [1.82, 2.24) is 0 Å². The van der Waals surface area contributed by atoms with Crippen LogP contribution in [0.1, 0.15) is 12.0 Å². The number of hydrogen-bond acceptors (Lipinski definition) is 4. The van der Waals surface area contributed by atoms with Crippen LogP contribution >= 0.6 is 15.9 Å². The molecule has 0 aromatic heterocycles. The molecule has 1 aromatic carbocycles. The molecule has 0 fully saturated rings. The molecule has 6 heteroatoms. The van der Waals surface area contributed by atoms with Gasteiger partial charge >= 0.3 is 0 Å². The van der Waals surface area contributed by atoms with Gasteiger partial charge in [0, 0.05) is 17.1 Å². The van der Waals surface area contributed by atoms with E-state index in [9.17, 15) is 10.1 Å². The Labute approximate surface area is 102 Å². The van der Waals surface area contributed by atoms with E-state index >= 15 is 0 Å². The molecule has 0 aliphatic carbocycles. The zero-order valence-corrected chi connectivity index (χ0v) is 10.3. The molecule has 0 unspecified atom stereocenters. The summed E-state index contributed by atoms with van der Waals surface area (Å²) >= 11 is 3.20. The molecule has 16 heavy (non-hydrogen) atoms. The van der Waals surface area contributed by atoms with Crippen LogP contribution in [0.3, 0.4) is 0 Å². The second-order valence-electron chi connectivity index (χ2n) is 3.22. The highest BCUT2D eigenvalue weighted by Gasteiger charge is 2.13. The van der Waals surface area contributed by atoms with Gasteiger partial charge in [0.1, 0.15) is 0 Å². The van der Waals surface area contributed by atoms with Gasteiger partial charge in [0.25, 0.3) is 5.69 Å². The standard InChI is InChI=1S/C10H13BrN2O3/c11-9-3-2-8(7-16-5-1-4-12)10(6-9)13(14)15/h2-3,6H,1,4-5,7,12H2. The lowest BCUT2D eigenvalue weighted by molar-refractivity contribution is -0.386. The average Bonchev–Trinajstić information content (AvgIpc) is 2.26. The fourth-order valence-electron chi connectivity index (χ4n) is 1.20. The Hall–Kier alpha value is -0.980. The molecule has 1 rings (SSSR count). The van der Waals surface area contributed by atoms with Gasteiger partial charge < -0.3 is 10.5 Å². The van der Waals surface area contributed by atoms with Gasteiger partial charge in [-0.2, -0.15) is 0 Å². The fourth-order valence-corrected chi connectivity index (χ4v) is 1.55. The summed E-state index contributed by atoms with van der Waals surface area (Å²) in [5.41, 5.74) is 5.96. The summed E-state index contributed by atoms with van der Waals surface area (Å²) in [7, 11) is 0. The number of nitrogens with two attached hydrogens (primary N) is 1. The summed E-state index contributed by atoms with van der Waals surface area (Å²) in [6, 6.07) is 4.92. The van der Waals surface area contributed by atoms with E-state index in [1.54, 1.807) is 12.1 Å². The van der Waals surface area contributed by atoms with Crippen LogP contribution in [0.5, 0.6) is 0 Å². The van der Waals surface area contributed by atoms with E-state index in [1.165, 1.54) is 6.07 Å². The predicted molar refractivity (Wildman–Crippen MR) is 64.1 cm³/mol. The highest BCUT2D eigenvalue weighted by molar-refractivity contribution is 9.10. The van der Waals surface area contributed by atoms with E-state index in [-0.39, 0.29) is 12.3 Å². The number of nitro groups is 1.